The SMILES string of the molecule is CC/C(=C/N=C=O)N=C=O. The minimum atomic E-state index is 0.415. The van der Waals surface area contributed by atoms with E-state index >= 15 is 0 Å². The number of carbonyl (C=O) groups excluding carboxylic acids is 2. The summed E-state index contributed by atoms with van der Waals surface area (Å²) in [7, 11) is 0. The molecule has 0 aliphatic heterocycles. The average molecular weight is 138 g/mol. The van der Waals surface area contributed by atoms with Gasteiger partial charge in [-0.05, 0) is 6.42 Å². The topological polar surface area (TPSA) is 58.9 Å². The monoisotopic (exact) mass is 138 g/mol. The first-order chi connectivity index (χ1) is 4.85. The van der Waals surface area contributed by atoms with Crippen LogP contribution in [0.15, 0.2) is 21.9 Å². The smallest absolute Gasteiger partial charge is 0.211 e. The molecule has 0 saturated heterocycles. The number of allylic oxidation sites excluding steroid dienone is 1. The molecule has 0 aliphatic carbocycles. The summed E-state index contributed by atoms with van der Waals surface area (Å²) in [5.74, 6) is 0. The fraction of sp³-hybridized carbons (Fsp3) is 0.333. The summed E-state index contributed by atoms with van der Waals surface area (Å²) in [5, 5.41) is 0. The molecule has 0 heterocycles. The number of rotatable bonds is 3. The molecule has 0 atom stereocenters. The molecule has 52 valence electrons. The van der Waals surface area contributed by atoms with Crippen LogP contribution in [0.2, 0.25) is 0 Å². The van der Waals surface area contributed by atoms with Crippen LogP contribution in [-0.2, 0) is 9.59 Å². The second-order valence-corrected chi connectivity index (χ2v) is 1.40. The van der Waals surface area contributed by atoms with Crippen molar-refractivity contribution in [2.24, 2.45) is 9.98 Å². The Kier molecular flexibility index (Phi) is 4.79. The van der Waals surface area contributed by atoms with Crippen molar-refractivity contribution in [2.45, 2.75) is 13.3 Å². The Hall–Kier alpha value is -1.50. The first-order valence-corrected chi connectivity index (χ1v) is 2.69. The van der Waals surface area contributed by atoms with Gasteiger partial charge < -0.3 is 0 Å². The molecule has 4 nitrogen and oxygen atoms in total. The van der Waals surface area contributed by atoms with Crippen molar-refractivity contribution < 1.29 is 9.59 Å². The molecule has 0 fully saturated rings. The molecule has 0 aromatic carbocycles. The Balaban J connectivity index is 4.31. The molecule has 0 aromatic rings. The van der Waals surface area contributed by atoms with Crippen molar-refractivity contribution in [1.82, 2.24) is 0 Å². The number of hydrogen-bond donors (Lipinski definition) is 0. The van der Waals surface area contributed by atoms with Gasteiger partial charge in [-0.15, -0.1) is 0 Å². The van der Waals surface area contributed by atoms with E-state index in [1.807, 2.05) is 0 Å². The first-order valence-electron chi connectivity index (χ1n) is 2.69. The molecular formula is C6H6N2O2. The lowest BCUT2D eigenvalue weighted by atomic mass is 10.4. The summed E-state index contributed by atoms with van der Waals surface area (Å²) >= 11 is 0. The zero-order chi connectivity index (χ0) is 7.82. The Morgan fingerprint density at radius 2 is 2.20 bits per heavy atom. The van der Waals surface area contributed by atoms with Crippen LogP contribution in [0.25, 0.3) is 0 Å². The Morgan fingerprint density at radius 3 is 2.60 bits per heavy atom. The van der Waals surface area contributed by atoms with Crippen LogP contribution in [0.4, 0.5) is 0 Å². The van der Waals surface area contributed by atoms with Crippen LogP contribution in [0.1, 0.15) is 13.3 Å². The zero-order valence-corrected chi connectivity index (χ0v) is 5.50. The van der Waals surface area contributed by atoms with Gasteiger partial charge in [0.15, 0.2) is 0 Å². The minimum Gasteiger partial charge on any atom is -0.211 e. The summed E-state index contributed by atoms with van der Waals surface area (Å²) < 4.78 is 0. The number of nitrogens with zero attached hydrogens (tertiary/aromatic N) is 2. The Bertz CT molecular complexity index is 220. The molecule has 10 heavy (non-hydrogen) atoms. The van der Waals surface area contributed by atoms with Gasteiger partial charge >= 0.3 is 0 Å². The molecular weight excluding hydrogens is 132 g/mol. The summed E-state index contributed by atoms with van der Waals surface area (Å²) in [4.78, 5) is 25.6. The maximum absolute atomic E-state index is 9.66. The maximum Gasteiger partial charge on any atom is 0.240 e. The van der Waals surface area contributed by atoms with E-state index in [2.05, 4.69) is 9.98 Å². The van der Waals surface area contributed by atoms with E-state index in [1.54, 1.807) is 6.92 Å². The lowest BCUT2D eigenvalue weighted by Crippen LogP contribution is -1.71. The normalized spacial score (nSPS) is 9.50. The van der Waals surface area contributed by atoms with Gasteiger partial charge in [0.1, 0.15) is 0 Å². The van der Waals surface area contributed by atoms with E-state index in [-0.39, 0.29) is 0 Å². The van der Waals surface area contributed by atoms with Crippen LogP contribution in [0, 0.1) is 0 Å². The number of aliphatic imine (C=N–C) groups is 2. The van der Waals surface area contributed by atoms with Gasteiger partial charge in [-0.1, -0.05) is 6.92 Å². The third kappa shape index (κ3) is 3.50. The minimum absolute atomic E-state index is 0.415. The standard InChI is InChI=1S/C6H6N2O2/c1-2-6(8-5-10)3-7-4-9/h3H,2H2,1H3/b6-3-. The summed E-state index contributed by atoms with van der Waals surface area (Å²) in [6.45, 7) is 1.78. The van der Waals surface area contributed by atoms with Gasteiger partial charge in [0.2, 0.25) is 12.2 Å². The number of hydrogen-bond acceptors (Lipinski definition) is 4. The van der Waals surface area contributed by atoms with Crippen LogP contribution in [-0.4, -0.2) is 12.2 Å². The van der Waals surface area contributed by atoms with Crippen LogP contribution in [0.3, 0.4) is 0 Å². The largest absolute Gasteiger partial charge is 0.240 e. The molecule has 4 heteroatoms. The Morgan fingerprint density at radius 1 is 1.50 bits per heavy atom. The highest BCUT2D eigenvalue weighted by molar-refractivity contribution is 5.38. The van der Waals surface area contributed by atoms with Crippen molar-refractivity contribution in [3.05, 3.63) is 11.9 Å². The molecule has 0 amide bonds. The van der Waals surface area contributed by atoms with Gasteiger partial charge in [-0.2, -0.15) is 9.98 Å². The zero-order valence-electron chi connectivity index (χ0n) is 5.50. The van der Waals surface area contributed by atoms with E-state index in [4.69, 9.17) is 0 Å². The molecule has 0 radical (unpaired) electrons. The molecule has 0 aliphatic rings. The van der Waals surface area contributed by atoms with Gasteiger partial charge in [-0.3, -0.25) is 0 Å². The van der Waals surface area contributed by atoms with Gasteiger partial charge in [0.05, 0.1) is 11.9 Å². The predicted molar refractivity (Wildman–Crippen MR) is 34.6 cm³/mol. The van der Waals surface area contributed by atoms with Crippen molar-refractivity contribution in [3.63, 3.8) is 0 Å². The molecule has 0 unspecified atom stereocenters. The molecule has 0 spiro atoms. The third-order valence-electron chi connectivity index (χ3n) is 0.818. The van der Waals surface area contributed by atoms with Crippen LogP contribution >= 0.6 is 0 Å². The third-order valence-corrected chi connectivity index (χ3v) is 0.818. The first kappa shape index (κ1) is 8.50. The van der Waals surface area contributed by atoms with E-state index < -0.39 is 0 Å². The molecule has 0 N–H and O–H groups in total. The van der Waals surface area contributed by atoms with Crippen molar-refractivity contribution in [1.29, 1.82) is 0 Å². The lowest BCUT2D eigenvalue weighted by molar-refractivity contribution is 0.563. The molecule has 0 saturated carbocycles. The predicted octanol–water partition coefficient (Wildman–Crippen LogP) is 0.909. The maximum atomic E-state index is 9.66. The molecule has 0 rings (SSSR count). The van der Waals surface area contributed by atoms with Crippen LogP contribution < -0.4 is 0 Å². The second kappa shape index (κ2) is 5.63. The van der Waals surface area contributed by atoms with Crippen molar-refractivity contribution in [3.8, 4) is 0 Å². The summed E-state index contributed by atoms with van der Waals surface area (Å²) in [6, 6.07) is 0. The number of isocyanates is 2. The fourth-order valence-electron chi connectivity index (χ4n) is 0.359. The van der Waals surface area contributed by atoms with E-state index in [0.717, 1.165) is 0 Å². The van der Waals surface area contributed by atoms with Gasteiger partial charge in [0, 0.05) is 0 Å². The highest BCUT2D eigenvalue weighted by Crippen LogP contribution is 1.99. The fourth-order valence-corrected chi connectivity index (χ4v) is 0.359. The highest BCUT2D eigenvalue weighted by Gasteiger charge is 1.85. The van der Waals surface area contributed by atoms with E-state index in [0.29, 0.717) is 12.1 Å². The van der Waals surface area contributed by atoms with E-state index in [9.17, 15) is 9.59 Å². The van der Waals surface area contributed by atoms with E-state index in [1.165, 1.54) is 18.4 Å². The molecule has 0 bridgehead atoms. The average Bonchev–Trinajstić information content (AvgIpc) is 1.98. The van der Waals surface area contributed by atoms with Crippen LogP contribution in [0.5, 0.6) is 0 Å². The summed E-state index contributed by atoms with van der Waals surface area (Å²) in [5.41, 5.74) is 0.415. The molecule has 0 aromatic heterocycles. The Labute approximate surface area is 58.0 Å². The van der Waals surface area contributed by atoms with Crippen molar-refractivity contribution >= 4 is 12.2 Å². The van der Waals surface area contributed by atoms with Gasteiger partial charge in [0.25, 0.3) is 0 Å². The highest BCUT2D eigenvalue weighted by atomic mass is 16.1. The van der Waals surface area contributed by atoms with Gasteiger partial charge in [-0.25, -0.2) is 9.59 Å². The lowest BCUT2D eigenvalue weighted by Gasteiger charge is -1.85. The van der Waals surface area contributed by atoms with Crippen molar-refractivity contribution in [2.75, 3.05) is 0 Å². The quantitative estimate of drug-likeness (QED) is 0.430. The second-order valence-electron chi connectivity index (χ2n) is 1.40. The summed E-state index contributed by atoms with van der Waals surface area (Å²) in [6.07, 6.45) is 4.36.